The Bertz CT molecular complexity index is 1430. The molecule has 8 heteroatoms. The van der Waals surface area contributed by atoms with Crippen LogP contribution < -0.4 is 10.2 Å². The summed E-state index contributed by atoms with van der Waals surface area (Å²) in [5, 5.41) is 3.34. The van der Waals surface area contributed by atoms with E-state index in [0.29, 0.717) is 27.7 Å². The molecule has 1 aliphatic rings. The number of nitrogens with zero attached hydrogens (tertiary/aromatic N) is 1. The molecule has 1 unspecified atom stereocenters. The van der Waals surface area contributed by atoms with Crippen molar-refractivity contribution in [1.29, 1.82) is 0 Å². The molecule has 4 aromatic carbocycles. The van der Waals surface area contributed by atoms with Crippen LogP contribution in [-0.2, 0) is 4.79 Å². The lowest BCUT2D eigenvalue weighted by Crippen LogP contribution is -2.35. The summed E-state index contributed by atoms with van der Waals surface area (Å²) in [4.78, 5) is 31.5. The van der Waals surface area contributed by atoms with Crippen molar-refractivity contribution in [2.24, 2.45) is 0 Å². The lowest BCUT2D eigenvalue weighted by molar-refractivity contribution is -0.117. The summed E-state index contributed by atoms with van der Waals surface area (Å²) in [7, 11) is 0. The van der Waals surface area contributed by atoms with Crippen molar-refractivity contribution in [3.8, 4) is 0 Å². The summed E-state index contributed by atoms with van der Waals surface area (Å²) in [6.45, 7) is 2.02. The van der Waals surface area contributed by atoms with E-state index in [1.54, 1.807) is 23.9 Å². The lowest BCUT2D eigenvalue weighted by atomic mass is 10.2. The molecule has 0 aliphatic carbocycles. The molecule has 0 bridgehead atoms. The third-order valence-electron chi connectivity index (χ3n) is 5.87. The van der Waals surface area contributed by atoms with Gasteiger partial charge < -0.3 is 5.32 Å². The van der Waals surface area contributed by atoms with Gasteiger partial charge in [-0.05, 0) is 73.2 Å². The van der Waals surface area contributed by atoms with Crippen molar-refractivity contribution in [3.05, 3.63) is 107 Å². The highest BCUT2D eigenvalue weighted by molar-refractivity contribution is 8.00. The molecule has 1 atom stereocenters. The van der Waals surface area contributed by atoms with Crippen molar-refractivity contribution >= 4 is 75.6 Å². The van der Waals surface area contributed by atoms with Gasteiger partial charge in [0.1, 0.15) is 0 Å². The third kappa shape index (κ3) is 5.53. The van der Waals surface area contributed by atoms with E-state index < -0.39 is 0 Å². The van der Waals surface area contributed by atoms with Gasteiger partial charge in [0, 0.05) is 25.4 Å². The van der Waals surface area contributed by atoms with Crippen LogP contribution in [0.1, 0.15) is 23.7 Å². The zero-order valence-electron chi connectivity index (χ0n) is 19.8. The van der Waals surface area contributed by atoms with Gasteiger partial charge in [-0.1, -0.05) is 66.2 Å². The van der Waals surface area contributed by atoms with E-state index in [-0.39, 0.29) is 17.1 Å². The summed E-state index contributed by atoms with van der Waals surface area (Å²) < 4.78 is 0. The first-order valence-electron chi connectivity index (χ1n) is 11.7. The minimum absolute atomic E-state index is 0.0439. The first kappa shape index (κ1) is 25.7. The highest BCUT2D eigenvalue weighted by atomic mass is 35.5. The fourth-order valence-electron chi connectivity index (χ4n) is 4.05. The van der Waals surface area contributed by atoms with Crippen LogP contribution >= 0.6 is 46.7 Å². The number of amides is 2. The molecule has 0 saturated heterocycles. The molecule has 4 aromatic rings. The number of nitrogens with one attached hydrogen (secondary N) is 1. The molecule has 1 heterocycles. The third-order valence-corrected chi connectivity index (χ3v) is 8.91. The van der Waals surface area contributed by atoms with Crippen LogP contribution in [0.2, 0.25) is 10.0 Å². The topological polar surface area (TPSA) is 49.4 Å². The Hall–Kier alpha value is -2.90. The number of thioether (sulfide) groups is 1. The van der Waals surface area contributed by atoms with Crippen LogP contribution in [0.4, 0.5) is 17.1 Å². The number of fused-ring (bicyclic) bond motifs is 2. The molecule has 0 radical (unpaired) electrons. The minimum atomic E-state index is -0.316. The Kier molecular flexibility index (Phi) is 7.81. The molecule has 0 aromatic heterocycles. The normalized spacial score (nSPS) is 12.9. The number of benzene rings is 4. The quantitative estimate of drug-likeness (QED) is 0.237. The van der Waals surface area contributed by atoms with Gasteiger partial charge in [-0.25, -0.2) is 0 Å². The van der Waals surface area contributed by atoms with E-state index in [1.807, 2.05) is 72.5 Å². The molecule has 37 heavy (non-hydrogen) atoms. The van der Waals surface area contributed by atoms with E-state index in [4.69, 9.17) is 23.2 Å². The minimum Gasteiger partial charge on any atom is -0.322 e. The van der Waals surface area contributed by atoms with Crippen LogP contribution in [0.25, 0.3) is 0 Å². The largest absolute Gasteiger partial charge is 0.322 e. The maximum absolute atomic E-state index is 13.9. The van der Waals surface area contributed by atoms with Crippen molar-refractivity contribution < 1.29 is 9.59 Å². The molecule has 186 valence electrons. The number of hydrogen-bond acceptors (Lipinski definition) is 4. The zero-order valence-corrected chi connectivity index (χ0v) is 22.9. The van der Waals surface area contributed by atoms with E-state index >= 15 is 0 Å². The predicted octanol–water partition coefficient (Wildman–Crippen LogP) is 8.95. The van der Waals surface area contributed by atoms with Gasteiger partial charge in [-0.3, -0.25) is 14.5 Å². The summed E-state index contributed by atoms with van der Waals surface area (Å²) in [6, 6.07) is 28.2. The first-order valence-corrected chi connectivity index (χ1v) is 14.1. The molecule has 2 amide bonds. The summed E-state index contributed by atoms with van der Waals surface area (Å²) in [6.07, 6.45) is 0.672. The summed E-state index contributed by atoms with van der Waals surface area (Å²) in [5.41, 5.74) is 2.81. The Labute approximate surface area is 234 Å². The van der Waals surface area contributed by atoms with E-state index in [9.17, 15) is 9.59 Å². The maximum atomic E-state index is 13.9. The standard InChI is InChI=1S/C29H22Cl2N2O2S2/c1-2-25(29(35)33-23-7-3-5-9-26(23)37-27-10-6-4-8-24(27)33)36-20-14-12-19(13-15-20)32-28(34)21-16-11-18(30)17-22(21)31/h3-17,25H,2H2,1H3,(H,32,34). The number of halogens is 2. The van der Waals surface area contributed by atoms with Crippen LogP contribution in [0.15, 0.2) is 106 Å². The first-order chi connectivity index (χ1) is 17.9. The smallest absolute Gasteiger partial charge is 0.257 e. The highest BCUT2D eigenvalue weighted by Crippen LogP contribution is 2.48. The number of para-hydroxylation sites is 2. The molecule has 5 rings (SSSR count). The van der Waals surface area contributed by atoms with E-state index in [2.05, 4.69) is 17.4 Å². The van der Waals surface area contributed by atoms with Crippen LogP contribution in [0, 0.1) is 0 Å². The van der Waals surface area contributed by atoms with Gasteiger partial charge in [0.25, 0.3) is 5.91 Å². The Morgan fingerprint density at radius 1 is 0.892 bits per heavy atom. The number of carbonyl (C=O) groups is 2. The van der Waals surface area contributed by atoms with Gasteiger partial charge in [0.15, 0.2) is 0 Å². The molecular formula is C29H22Cl2N2O2S2. The number of rotatable bonds is 6. The molecule has 0 spiro atoms. The van der Waals surface area contributed by atoms with Crippen molar-refractivity contribution in [1.82, 2.24) is 0 Å². The fourth-order valence-corrected chi connectivity index (χ4v) is 6.59. The van der Waals surface area contributed by atoms with E-state index in [0.717, 1.165) is 26.1 Å². The second-order valence-electron chi connectivity index (χ2n) is 8.33. The second kappa shape index (κ2) is 11.2. The Balaban J connectivity index is 1.33. The lowest BCUT2D eigenvalue weighted by Gasteiger charge is -2.33. The average Bonchev–Trinajstić information content (AvgIpc) is 2.90. The van der Waals surface area contributed by atoms with Gasteiger partial charge in [-0.15, -0.1) is 11.8 Å². The van der Waals surface area contributed by atoms with Crippen LogP contribution in [-0.4, -0.2) is 17.1 Å². The summed E-state index contributed by atoms with van der Waals surface area (Å²) >= 11 is 15.3. The second-order valence-corrected chi connectivity index (χ2v) is 11.5. The molecule has 1 N–H and O–H groups in total. The van der Waals surface area contributed by atoms with Crippen molar-refractivity contribution in [3.63, 3.8) is 0 Å². The van der Waals surface area contributed by atoms with Crippen LogP contribution in [0.3, 0.4) is 0 Å². The Morgan fingerprint density at radius 3 is 2.11 bits per heavy atom. The molecular weight excluding hydrogens is 543 g/mol. The monoisotopic (exact) mass is 564 g/mol. The average molecular weight is 566 g/mol. The van der Waals surface area contributed by atoms with Gasteiger partial charge >= 0.3 is 0 Å². The van der Waals surface area contributed by atoms with Gasteiger partial charge in [0.2, 0.25) is 5.91 Å². The fraction of sp³-hybridized carbons (Fsp3) is 0.103. The van der Waals surface area contributed by atoms with Crippen LogP contribution in [0.5, 0.6) is 0 Å². The van der Waals surface area contributed by atoms with Gasteiger partial charge in [-0.2, -0.15) is 0 Å². The molecule has 0 fully saturated rings. The number of carbonyl (C=O) groups excluding carboxylic acids is 2. The SMILES string of the molecule is CCC(Sc1ccc(NC(=O)c2ccc(Cl)cc2Cl)cc1)C(=O)N1c2ccccc2Sc2ccccc21. The molecule has 4 nitrogen and oxygen atoms in total. The predicted molar refractivity (Wildman–Crippen MR) is 155 cm³/mol. The van der Waals surface area contributed by atoms with E-state index in [1.165, 1.54) is 17.8 Å². The molecule has 1 aliphatic heterocycles. The maximum Gasteiger partial charge on any atom is 0.257 e. The number of hydrogen-bond donors (Lipinski definition) is 1. The van der Waals surface area contributed by atoms with Crippen molar-refractivity contribution in [2.45, 2.75) is 33.3 Å². The molecule has 0 saturated carbocycles. The van der Waals surface area contributed by atoms with Crippen molar-refractivity contribution in [2.75, 3.05) is 10.2 Å². The summed E-state index contributed by atoms with van der Waals surface area (Å²) in [5.74, 6) is -0.272. The van der Waals surface area contributed by atoms with Gasteiger partial charge in [0.05, 0.1) is 27.2 Å². The highest BCUT2D eigenvalue weighted by Gasteiger charge is 2.32. The zero-order chi connectivity index (χ0) is 25.9. The Morgan fingerprint density at radius 2 is 1.51 bits per heavy atom. The number of anilines is 3.